The van der Waals surface area contributed by atoms with E-state index in [1.807, 2.05) is 0 Å². The predicted molar refractivity (Wildman–Crippen MR) is 99.8 cm³/mol. The van der Waals surface area contributed by atoms with Crippen molar-refractivity contribution in [1.82, 2.24) is 0 Å². The molecular weight excluding hydrogens is 426 g/mol. The van der Waals surface area contributed by atoms with Crippen molar-refractivity contribution in [3.05, 3.63) is 60.2 Å². The van der Waals surface area contributed by atoms with Crippen molar-refractivity contribution in [3.8, 4) is 0 Å². The summed E-state index contributed by atoms with van der Waals surface area (Å²) in [5.74, 6) is 0.731. The van der Waals surface area contributed by atoms with Gasteiger partial charge in [0.05, 0.1) is 0 Å². The third-order valence-corrected chi connectivity index (χ3v) is 4.36. The standard InChI is InChI=1S/C19H17.C3H6.2ClH.Zr/c1-13-9-10-15(11-13)17-7-4-8-18-16-6-3-2-5-14(16)12-19(17)18;1-3-2;;;/h2-8,11-13H,9-10H2,1H3;1-2H3;2*1H;/q-1;;;;+2/p-2. The van der Waals surface area contributed by atoms with Crippen LogP contribution in [0, 0.1) is 5.92 Å². The Morgan fingerprint density at radius 2 is 1.64 bits per heavy atom. The molecule has 0 N–H and O–H groups in total. The second-order valence-electron chi connectivity index (χ2n) is 6.71. The van der Waals surface area contributed by atoms with Crippen LogP contribution in [0.15, 0.2) is 54.6 Å². The van der Waals surface area contributed by atoms with Crippen molar-refractivity contribution >= 4 is 30.3 Å². The third kappa shape index (κ3) is 5.19. The SMILES string of the molecule is CC1C=C(c2cccc3c2[cH-]c2ccccc23)CC1.C[C](C)=[Zr+2].[Cl-].[Cl-]. The average molecular weight is 450 g/mol. The summed E-state index contributed by atoms with van der Waals surface area (Å²) in [4.78, 5) is 0. The molecule has 1 aliphatic carbocycles. The number of benzene rings is 2. The molecule has 25 heavy (non-hydrogen) atoms. The molecule has 0 spiro atoms. The van der Waals surface area contributed by atoms with Gasteiger partial charge in [-0.15, -0.1) is 33.7 Å². The second-order valence-corrected chi connectivity index (χ2v) is 9.16. The maximum Gasteiger partial charge on any atom is -1.00 e. The smallest absolute Gasteiger partial charge is 1.00 e. The fourth-order valence-corrected chi connectivity index (χ4v) is 3.38. The fraction of sp³-hybridized carbons (Fsp3) is 0.273. The minimum absolute atomic E-state index is 0. The van der Waals surface area contributed by atoms with Crippen molar-refractivity contribution in [3.63, 3.8) is 0 Å². The maximum absolute atomic E-state index is 2.45. The minimum atomic E-state index is 0. The molecule has 3 aromatic carbocycles. The maximum atomic E-state index is 2.45. The first-order chi connectivity index (χ1) is 11.1. The molecule has 0 aromatic heterocycles. The van der Waals surface area contributed by atoms with Gasteiger partial charge in [0, 0.05) is 0 Å². The number of rotatable bonds is 1. The van der Waals surface area contributed by atoms with Gasteiger partial charge in [-0.05, 0) is 18.8 Å². The molecule has 0 radical (unpaired) electrons. The van der Waals surface area contributed by atoms with Crippen LogP contribution in [0.25, 0.3) is 27.1 Å². The topological polar surface area (TPSA) is 0 Å². The number of fused-ring (bicyclic) bond motifs is 3. The molecule has 4 rings (SSSR count). The van der Waals surface area contributed by atoms with Crippen LogP contribution in [-0.4, -0.2) is 3.21 Å². The van der Waals surface area contributed by atoms with Crippen LogP contribution in [0.2, 0.25) is 0 Å². The summed E-state index contributed by atoms with van der Waals surface area (Å²) in [5.41, 5.74) is 2.98. The zero-order valence-electron chi connectivity index (χ0n) is 14.9. The van der Waals surface area contributed by atoms with E-state index in [0.29, 0.717) is 0 Å². The Kier molecular flexibility index (Phi) is 8.89. The van der Waals surface area contributed by atoms with E-state index in [1.165, 1.54) is 48.7 Å². The summed E-state index contributed by atoms with van der Waals surface area (Å²) < 4.78 is 1.51. The number of hydrogen-bond donors (Lipinski definition) is 0. The summed E-state index contributed by atoms with van der Waals surface area (Å²) in [7, 11) is 0. The first-order valence-corrected chi connectivity index (χ1v) is 9.59. The van der Waals surface area contributed by atoms with Gasteiger partial charge in [0.2, 0.25) is 0 Å². The molecule has 0 saturated carbocycles. The molecule has 130 valence electrons. The molecule has 0 nitrogen and oxygen atoms in total. The van der Waals surface area contributed by atoms with Crippen LogP contribution in [0.3, 0.4) is 0 Å². The zero-order chi connectivity index (χ0) is 16.4. The zero-order valence-corrected chi connectivity index (χ0v) is 18.9. The van der Waals surface area contributed by atoms with Gasteiger partial charge in [0.25, 0.3) is 0 Å². The Labute approximate surface area is 178 Å². The van der Waals surface area contributed by atoms with Crippen molar-refractivity contribution in [1.29, 1.82) is 0 Å². The van der Waals surface area contributed by atoms with Crippen LogP contribution in [-0.2, 0) is 24.2 Å². The Morgan fingerprint density at radius 1 is 1.00 bits per heavy atom. The Hall–Kier alpha value is -0.617. The van der Waals surface area contributed by atoms with Gasteiger partial charge < -0.3 is 24.8 Å². The normalized spacial score (nSPS) is 15.7. The van der Waals surface area contributed by atoms with E-state index in [0.717, 1.165) is 5.92 Å². The van der Waals surface area contributed by atoms with Gasteiger partial charge >= 0.3 is 41.3 Å². The summed E-state index contributed by atoms with van der Waals surface area (Å²) >= 11 is 1.55. The van der Waals surface area contributed by atoms with Crippen LogP contribution in [0.1, 0.15) is 39.2 Å². The largest absolute Gasteiger partial charge is 1.00 e. The molecular formula is C22H23Cl2Zr-. The number of allylic oxidation sites excluding steroid dienone is 2. The van der Waals surface area contributed by atoms with Crippen molar-refractivity contribution in [2.45, 2.75) is 33.6 Å². The van der Waals surface area contributed by atoms with Gasteiger partial charge in [-0.2, -0.15) is 0 Å². The van der Waals surface area contributed by atoms with Gasteiger partial charge in [0.1, 0.15) is 0 Å². The molecule has 3 aromatic rings. The Bertz CT molecular complexity index is 885. The number of halogens is 2. The van der Waals surface area contributed by atoms with Gasteiger partial charge in [0.15, 0.2) is 0 Å². The van der Waals surface area contributed by atoms with E-state index in [-0.39, 0.29) is 24.8 Å². The molecule has 3 heteroatoms. The summed E-state index contributed by atoms with van der Waals surface area (Å²) in [6.45, 7) is 6.56. The second kappa shape index (κ2) is 9.91. The van der Waals surface area contributed by atoms with Crippen LogP contribution in [0.5, 0.6) is 0 Å². The van der Waals surface area contributed by atoms with E-state index in [1.54, 1.807) is 24.2 Å². The van der Waals surface area contributed by atoms with Gasteiger partial charge in [-0.3, -0.25) is 0 Å². The first-order valence-electron chi connectivity index (χ1n) is 8.36. The van der Waals surface area contributed by atoms with E-state index < -0.39 is 0 Å². The van der Waals surface area contributed by atoms with Crippen LogP contribution in [0.4, 0.5) is 0 Å². The Balaban J connectivity index is 0.000000476. The number of hydrogen-bond acceptors (Lipinski definition) is 0. The van der Waals surface area contributed by atoms with E-state index >= 15 is 0 Å². The molecule has 0 bridgehead atoms. The molecule has 0 fully saturated rings. The van der Waals surface area contributed by atoms with Gasteiger partial charge in [-0.1, -0.05) is 60.5 Å². The van der Waals surface area contributed by atoms with Crippen molar-refractivity contribution < 1.29 is 49.0 Å². The molecule has 0 amide bonds. The van der Waals surface area contributed by atoms with Crippen molar-refractivity contribution in [2.24, 2.45) is 5.92 Å². The minimum Gasteiger partial charge on any atom is -1.00 e. The van der Waals surface area contributed by atoms with Crippen LogP contribution >= 0.6 is 0 Å². The molecule has 0 heterocycles. The average Bonchev–Trinajstić information content (AvgIpc) is 3.10. The fourth-order valence-electron chi connectivity index (χ4n) is 3.38. The molecule has 1 aliphatic rings. The summed E-state index contributed by atoms with van der Waals surface area (Å²) in [6, 6.07) is 17.8. The van der Waals surface area contributed by atoms with E-state index in [2.05, 4.69) is 75.4 Å². The summed E-state index contributed by atoms with van der Waals surface area (Å²) in [6.07, 6.45) is 4.97. The van der Waals surface area contributed by atoms with E-state index in [9.17, 15) is 0 Å². The predicted octanol–water partition coefficient (Wildman–Crippen LogP) is 0.279. The first kappa shape index (κ1) is 22.4. The molecule has 0 saturated heterocycles. The quantitative estimate of drug-likeness (QED) is 0.469. The van der Waals surface area contributed by atoms with E-state index in [4.69, 9.17) is 0 Å². The molecule has 0 aliphatic heterocycles. The molecule has 1 atom stereocenters. The van der Waals surface area contributed by atoms with Gasteiger partial charge in [-0.25, -0.2) is 0 Å². The Morgan fingerprint density at radius 3 is 2.28 bits per heavy atom. The third-order valence-electron chi connectivity index (χ3n) is 4.36. The summed E-state index contributed by atoms with van der Waals surface area (Å²) in [5, 5.41) is 5.56. The van der Waals surface area contributed by atoms with Crippen molar-refractivity contribution in [2.75, 3.05) is 0 Å². The molecule has 1 unspecified atom stereocenters. The van der Waals surface area contributed by atoms with Crippen LogP contribution < -0.4 is 24.8 Å². The monoisotopic (exact) mass is 447 g/mol.